The van der Waals surface area contributed by atoms with Gasteiger partial charge in [-0.3, -0.25) is 4.79 Å². The van der Waals surface area contributed by atoms with E-state index in [0.717, 1.165) is 32.0 Å². The van der Waals surface area contributed by atoms with E-state index in [4.69, 9.17) is 5.26 Å². The topological polar surface area (TPSA) is 72.3 Å². The molecular formula is C14H19N5O. The molecular weight excluding hydrogens is 254 g/mol. The third-order valence-corrected chi connectivity index (χ3v) is 3.34. The third kappa shape index (κ3) is 3.25. The van der Waals surface area contributed by atoms with Gasteiger partial charge in [0.2, 0.25) is 0 Å². The Morgan fingerprint density at radius 3 is 3.00 bits per heavy atom. The maximum atomic E-state index is 12.4. The Labute approximate surface area is 119 Å². The molecule has 2 heterocycles. The average Bonchev–Trinajstić information content (AvgIpc) is 2.52. The van der Waals surface area contributed by atoms with Gasteiger partial charge in [-0.2, -0.15) is 5.26 Å². The normalized spacial score (nSPS) is 14.7. The van der Waals surface area contributed by atoms with Crippen molar-refractivity contribution in [3.05, 3.63) is 23.9 Å². The molecule has 20 heavy (non-hydrogen) atoms. The van der Waals surface area contributed by atoms with E-state index in [2.05, 4.69) is 21.3 Å². The molecule has 0 spiro atoms. The highest BCUT2D eigenvalue weighted by Gasteiger charge is 2.21. The van der Waals surface area contributed by atoms with E-state index in [1.165, 1.54) is 0 Å². The Bertz CT molecular complexity index is 505. The molecule has 6 heteroatoms. The molecule has 1 aliphatic heterocycles. The number of nitrogens with zero attached hydrogens (tertiary/aromatic N) is 4. The molecule has 1 saturated heterocycles. The summed E-state index contributed by atoms with van der Waals surface area (Å²) in [5.41, 5.74) is 0.606. The first-order valence-corrected chi connectivity index (χ1v) is 6.77. The number of anilines is 1. The van der Waals surface area contributed by atoms with Gasteiger partial charge in [-0.1, -0.05) is 0 Å². The summed E-state index contributed by atoms with van der Waals surface area (Å²) in [4.78, 5) is 20.5. The van der Waals surface area contributed by atoms with Crippen molar-refractivity contribution in [2.45, 2.75) is 6.42 Å². The lowest BCUT2D eigenvalue weighted by molar-refractivity contribution is 0.0798. The second kappa shape index (κ2) is 6.87. The van der Waals surface area contributed by atoms with Crippen LogP contribution in [-0.2, 0) is 0 Å². The Morgan fingerprint density at radius 1 is 1.55 bits per heavy atom. The Kier molecular flexibility index (Phi) is 4.91. The lowest BCUT2D eigenvalue weighted by Crippen LogP contribution is -2.44. The summed E-state index contributed by atoms with van der Waals surface area (Å²) >= 11 is 0. The number of aromatic nitrogens is 1. The van der Waals surface area contributed by atoms with Gasteiger partial charge in [-0.05, 0) is 12.1 Å². The maximum Gasteiger partial charge on any atom is 0.257 e. The van der Waals surface area contributed by atoms with Gasteiger partial charge in [0, 0.05) is 46.0 Å². The van der Waals surface area contributed by atoms with Gasteiger partial charge in [0.1, 0.15) is 5.82 Å². The van der Waals surface area contributed by atoms with Crippen LogP contribution in [-0.4, -0.2) is 55.6 Å². The van der Waals surface area contributed by atoms with E-state index in [1.54, 1.807) is 30.3 Å². The predicted octanol–water partition coefficient (Wildman–Crippen LogP) is 0.477. The molecule has 0 bridgehead atoms. The van der Waals surface area contributed by atoms with Crippen molar-refractivity contribution in [1.29, 1.82) is 5.26 Å². The summed E-state index contributed by atoms with van der Waals surface area (Å²) in [7, 11) is 1.72. The number of pyridine rings is 1. The van der Waals surface area contributed by atoms with Crippen LogP contribution < -0.4 is 10.2 Å². The van der Waals surface area contributed by atoms with Crippen molar-refractivity contribution in [3.63, 3.8) is 0 Å². The number of carbonyl (C=O) groups is 1. The SMILES string of the molecule is CN(CCC#N)C(=O)c1cccnc1N1CCNCC1. The predicted molar refractivity (Wildman–Crippen MR) is 76.5 cm³/mol. The number of amides is 1. The number of rotatable bonds is 4. The lowest BCUT2D eigenvalue weighted by Gasteiger charge is -2.30. The third-order valence-electron chi connectivity index (χ3n) is 3.34. The molecule has 0 atom stereocenters. The minimum absolute atomic E-state index is 0.0816. The summed E-state index contributed by atoms with van der Waals surface area (Å²) in [5, 5.41) is 11.9. The zero-order valence-corrected chi connectivity index (χ0v) is 11.7. The number of nitrogens with one attached hydrogen (secondary N) is 1. The van der Waals surface area contributed by atoms with E-state index >= 15 is 0 Å². The molecule has 0 aromatic carbocycles. The second-order valence-electron chi connectivity index (χ2n) is 4.75. The number of carbonyl (C=O) groups excluding carboxylic acids is 1. The first kappa shape index (κ1) is 14.3. The van der Waals surface area contributed by atoms with Crippen molar-refractivity contribution in [2.24, 2.45) is 0 Å². The molecule has 1 aromatic rings. The number of nitriles is 1. The maximum absolute atomic E-state index is 12.4. The van der Waals surface area contributed by atoms with Gasteiger partial charge in [0.05, 0.1) is 18.1 Å². The lowest BCUT2D eigenvalue weighted by atomic mass is 10.2. The largest absolute Gasteiger partial charge is 0.353 e. The first-order valence-electron chi connectivity index (χ1n) is 6.77. The summed E-state index contributed by atoms with van der Waals surface area (Å²) in [6.07, 6.45) is 2.05. The molecule has 1 fully saturated rings. The van der Waals surface area contributed by atoms with Gasteiger partial charge in [0.15, 0.2) is 0 Å². The molecule has 1 aliphatic rings. The van der Waals surface area contributed by atoms with Crippen LogP contribution in [0.3, 0.4) is 0 Å². The van der Waals surface area contributed by atoms with Crippen molar-refractivity contribution in [2.75, 3.05) is 44.7 Å². The molecule has 1 aromatic heterocycles. The number of hydrogen-bond acceptors (Lipinski definition) is 5. The minimum atomic E-state index is -0.0816. The van der Waals surface area contributed by atoms with Crippen LogP contribution in [0.25, 0.3) is 0 Å². The molecule has 2 rings (SSSR count). The standard InChI is InChI=1S/C14H19N5O/c1-18(9-3-5-15)14(20)12-4-2-6-17-13(12)19-10-7-16-8-11-19/h2,4,6,16H,3,7-11H2,1H3. The van der Waals surface area contributed by atoms with Gasteiger partial charge < -0.3 is 15.1 Å². The van der Waals surface area contributed by atoms with Crippen LogP contribution in [0.15, 0.2) is 18.3 Å². The van der Waals surface area contributed by atoms with Crippen LogP contribution in [0, 0.1) is 11.3 Å². The molecule has 106 valence electrons. The van der Waals surface area contributed by atoms with Crippen molar-refractivity contribution in [3.8, 4) is 6.07 Å². The fraction of sp³-hybridized carbons (Fsp3) is 0.500. The molecule has 6 nitrogen and oxygen atoms in total. The Hall–Kier alpha value is -2.13. The number of piperazine rings is 1. The number of hydrogen-bond donors (Lipinski definition) is 1. The average molecular weight is 273 g/mol. The first-order chi connectivity index (χ1) is 9.74. The van der Waals surface area contributed by atoms with E-state index in [-0.39, 0.29) is 5.91 Å². The fourth-order valence-electron chi connectivity index (χ4n) is 2.22. The Balaban J connectivity index is 2.18. The molecule has 0 saturated carbocycles. The van der Waals surface area contributed by atoms with Gasteiger partial charge in [0.25, 0.3) is 5.91 Å². The van der Waals surface area contributed by atoms with Crippen molar-refractivity contribution in [1.82, 2.24) is 15.2 Å². The summed E-state index contributed by atoms with van der Waals surface area (Å²) < 4.78 is 0. The van der Waals surface area contributed by atoms with E-state index < -0.39 is 0 Å². The Morgan fingerprint density at radius 2 is 2.30 bits per heavy atom. The van der Waals surface area contributed by atoms with Gasteiger partial charge in [-0.25, -0.2) is 4.98 Å². The monoisotopic (exact) mass is 273 g/mol. The van der Waals surface area contributed by atoms with E-state index in [1.807, 2.05) is 0 Å². The van der Waals surface area contributed by atoms with Crippen LogP contribution in [0.4, 0.5) is 5.82 Å². The zero-order chi connectivity index (χ0) is 14.4. The van der Waals surface area contributed by atoms with Crippen molar-refractivity contribution >= 4 is 11.7 Å². The van der Waals surface area contributed by atoms with E-state index in [9.17, 15) is 4.79 Å². The quantitative estimate of drug-likeness (QED) is 0.863. The second-order valence-corrected chi connectivity index (χ2v) is 4.75. The molecule has 0 unspecified atom stereocenters. The smallest absolute Gasteiger partial charge is 0.257 e. The molecule has 1 N–H and O–H groups in total. The van der Waals surface area contributed by atoms with Gasteiger partial charge >= 0.3 is 0 Å². The highest BCUT2D eigenvalue weighted by atomic mass is 16.2. The van der Waals surface area contributed by atoms with Crippen molar-refractivity contribution < 1.29 is 4.79 Å². The summed E-state index contributed by atoms with van der Waals surface area (Å²) in [6.45, 7) is 3.92. The molecule has 0 radical (unpaired) electrons. The minimum Gasteiger partial charge on any atom is -0.353 e. The molecule has 0 aliphatic carbocycles. The van der Waals surface area contributed by atoms with E-state index in [0.29, 0.717) is 18.5 Å². The molecule has 1 amide bonds. The van der Waals surface area contributed by atoms with Crippen LogP contribution in [0.2, 0.25) is 0 Å². The van der Waals surface area contributed by atoms with Crippen LogP contribution in [0.1, 0.15) is 16.8 Å². The highest BCUT2D eigenvalue weighted by Crippen LogP contribution is 2.19. The zero-order valence-electron chi connectivity index (χ0n) is 11.7. The van der Waals surface area contributed by atoms with Crippen LogP contribution >= 0.6 is 0 Å². The van der Waals surface area contributed by atoms with Crippen LogP contribution in [0.5, 0.6) is 0 Å². The van der Waals surface area contributed by atoms with Gasteiger partial charge in [-0.15, -0.1) is 0 Å². The fourth-order valence-corrected chi connectivity index (χ4v) is 2.22. The summed E-state index contributed by atoms with van der Waals surface area (Å²) in [6, 6.07) is 5.63. The summed E-state index contributed by atoms with van der Waals surface area (Å²) in [5.74, 6) is 0.657. The highest BCUT2D eigenvalue weighted by molar-refractivity contribution is 5.98.